The van der Waals surface area contributed by atoms with Gasteiger partial charge in [0.2, 0.25) is 0 Å². The summed E-state index contributed by atoms with van der Waals surface area (Å²) in [6, 6.07) is 7.85. The van der Waals surface area contributed by atoms with Crippen molar-refractivity contribution in [2.45, 2.75) is 18.5 Å². The maximum atomic E-state index is 13.0. The molecule has 5 heterocycles. The van der Waals surface area contributed by atoms with Crippen molar-refractivity contribution in [3.8, 4) is 6.07 Å². The van der Waals surface area contributed by atoms with Crippen LogP contribution in [0.1, 0.15) is 22.6 Å². The molecule has 5 rings (SSSR count). The molecule has 2 fully saturated rings. The van der Waals surface area contributed by atoms with Crippen molar-refractivity contribution in [1.29, 1.82) is 5.26 Å². The molecule has 3 aromatic heterocycles. The number of amides is 1. The molecule has 2 saturated heterocycles. The van der Waals surface area contributed by atoms with Gasteiger partial charge < -0.3 is 9.80 Å². The van der Waals surface area contributed by atoms with Crippen molar-refractivity contribution in [3.63, 3.8) is 0 Å². The average Bonchev–Trinajstić information content (AvgIpc) is 3.41. The van der Waals surface area contributed by atoms with Crippen LogP contribution in [-0.2, 0) is 0 Å². The zero-order valence-electron chi connectivity index (χ0n) is 13.7. The van der Waals surface area contributed by atoms with Gasteiger partial charge in [0.1, 0.15) is 11.9 Å². The Morgan fingerprint density at radius 3 is 2.96 bits per heavy atom. The Bertz CT molecular complexity index is 1050. The Morgan fingerprint density at radius 1 is 1.23 bits per heavy atom. The lowest BCUT2D eigenvalue weighted by atomic mass is 10.2. The third kappa shape index (κ3) is 2.12. The molecular weight excluding hydrogens is 332 g/mol. The minimum atomic E-state index is -0.0878. The molecule has 0 N–H and O–H groups in total. The smallest absolute Gasteiger partial charge is 0.277 e. The van der Waals surface area contributed by atoms with E-state index in [4.69, 9.17) is 5.26 Å². The predicted octanol–water partition coefficient (Wildman–Crippen LogP) is 0.494. The number of fused-ring (bicyclic) bond motifs is 3. The third-order valence-corrected chi connectivity index (χ3v) is 5.06. The topological polar surface area (TPSA) is 103 Å². The number of nitriles is 1. The van der Waals surface area contributed by atoms with E-state index in [2.05, 4.69) is 25.2 Å². The molecule has 2 aliphatic heterocycles. The van der Waals surface area contributed by atoms with Gasteiger partial charge in [0.15, 0.2) is 11.4 Å². The molecule has 0 spiro atoms. The van der Waals surface area contributed by atoms with E-state index < -0.39 is 0 Å². The first kappa shape index (κ1) is 14.8. The Morgan fingerprint density at radius 2 is 2.15 bits per heavy atom. The first-order valence-corrected chi connectivity index (χ1v) is 8.34. The van der Waals surface area contributed by atoms with E-state index in [1.807, 2.05) is 29.2 Å². The van der Waals surface area contributed by atoms with Gasteiger partial charge in [-0.15, -0.1) is 5.10 Å². The summed E-state index contributed by atoms with van der Waals surface area (Å²) in [6.45, 7) is 1.28. The van der Waals surface area contributed by atoms with Crippen molar-refractivity contribution < 1.29 is 4.79 Å². The van der Waals surface area contributed by atoms with Crippen molar-refractivity contribution >= 4 is 17.2 Å². The largest absolute Gasteiger partial charge is 0.348 e. The standard InChI is InChI=1S/C17H14N8O/c18-6-11-7-19-8-15(20-11)23-9-13-5-12(23)10-24(13)17(26)16-14-3-1-2-4-25(14)22-21-16/h1-4,7-8,12-13H,5,9-10H2/t12-,13-/m0/s1. The van der Waals surface area contributed by atoms with Gasteiger partial charge in [0.25, 0.3) is 5.91 Å². The number of aromatic nitrogens is 5. The molecule has 0 unspecified atom stereocenters. The quantitative estimate of drug-likeness (QED) is 0.665. The van der Waals surface area contributed by atoms with Gasteiger partial charge in [-0.1, -0.05) is 11.3 Å². The monoisotopic (exact) mass is 346 g/mol. The number of carbonyl (C=O) groups is 1. The molecule has 9 heteroatoms. The highest BCUT2D eigenvalue weighted by molar-refractivity contribution is 5.99. The van der Waals surface area contributed by atoms with E-state index in [-0.39, 0.29) is 18.0 Å². The Kier molecular flexibility index (Phi) is 3.12. The zero-order chi connectivity index (χ0) is 17.7. The summed E-state index contributed by atoms with van der Waals surface area (Å²) < 4.78 is 1.61. The molecule has 128 valence electrons. The van der Waals surface area contributed by atoms with Gasteiger partial charge in [0.05, 0.1) is 30.0 Å². The van der Waals surface area contributed by atoms with Crippen LogP contribution >= 0.6 is 0 Å². The molecule has 2 bridgehead atoms. The minimum Gasteiger partial charge on any atom is -0.348 e. The van der Waals surface area contributed by atoms with Gasteiger partial charge in [-0.2, -0.15) is 5.26 Å². The number of pyridine rings is 1. The van der Waals surface area contributed by atoms with E-state index >= 15 is 0 Å². The summed E-state index contributed by atoms with van der Waals surface area (Å²) in [5.74, 6) is 0.605. The Balaban J connectivity index is 1.39. The maximum absolute atomic E-state index is 13.0. The van der Waals surface area contributed by atoms with Crippen LogP contribution in [0, 0.1) is 11.3 Å². The van der Waals surface area contributed by atoms with Gasteiger partial charge >= 0.3 is 0 Å². The molecule has 2 atom stereocenters. The van der Waals surface area contributed by atoms with E-state index in [9.17, 15) is 4.79 Å². The third-order valence-electron chi connectivity index (χ3n) is 5.06. The van der Waals surface area contributed by atoms with Crippen molar-refractivity contribution in [3.05, 3.63) is 48.2 Å². The minimum absolute atomic E-state index is 0.0878. The van der Waals surface area contributed by atoms with Crippen molar-refractivity contribution in [2.75, 3.05) is 18.0 Å². The number of likely N-dealkylation sites (tertiary alicyclic amines) is 1. The van der Waals surface area contributed by atoms with Crippen LogP contribution in [0.5, 0.6) is 0 Å². The van der Waals surface area contributed by atoms with Crippen LogP contribution in [0.25, 0.3) is 5.52 Å². The van der Waals surface area contributed by atoms with Crippen LogP contribution in [0.15, 0.2) is 36.8 Å². The maximum Gasteiger partial charge on any atom is 0.277 e. The van der Waals surface area contributed by atoms with Crippen LogP contribution in [0.4, 0.5) is 5.82 Å². The summed E-state index contributed by atoms with van der Waals surface area (Å²) in [6.07, 6.45) is 5.77. The van der Waals surface area contributed by atoms with Crippen LogP contribution in [0.2, 0.25) is 0 Å². The normalized spacial score (nSPS) is 21.3. The number of hydrogen-bond donors (Lipinski definition) is 0. The molecule has 1 amide bonds. The molecule has 0 radical (unpaired) electrons. The highest BCUT2D eigenvalue weighted by Crippen LogP contribution is 2.34. The summed E-state index contributed by atoms with van der Waals surface area (Å²) in [7, 11) is 0. The van der Waals surface area contributed by atoms with Gasteiger partial charge in [-0.3, -0.25) is 9.78 Å². The van der Waals surface area contributed by atoms with Gasteiger partial charge in [-0.25, -0.2) is 9.50 Å². The van der Waals surface area contributed by atoms with Crippen LogP contribution in [-0.4, -0.2) is 60.8 Å². The number of carbonyl (C=O) groups excluding carboxylic acids is 1. The van der Waals surface area contributed by atoms with Crippen LogP contribution in [0.3, 0.4) is 0 Å². The summed E-state index contributed by atoms with van der Waals surface area (Å²) in [4.78, 5) is 25.4. The SMILES string of the molecule is N#Cc1cncc(N2C[C@@H]3C[C@H]2CN3C(=O)c2nnn3ccccc23)n1. The molecule has 0 aromatic carbocycles. The summed E-state index contributed by atoms with van der Waals surface area (Å²) in [5.41, 5.74) is 1.40. The van der Waals surface area contributed by atoms with Crippen molar-refractivity contribution in [1.82, 2.24) is 29.7 Å². The zero-order valence-corrected chi connectivity index (χ0v) is 13.7. The van der Waals surface area contributed by atoms with Gasteiger partial charge in [0, 0.05) is 19.3 Å². The number of nitrogens with zero attached hydrogens (tertiary/aromatic N) is 8. The number of piperazine rings is 1. The molecule has 0 saturated carbocycles. The lowest BCUT2D eigenvalue weighted by Crippen LogP contribution is -2.49. The van der Waals surface area contributed by atoms with Crippen LogP contribution < -0.4 is 4.90 Å². The number of rotatable bonds is 2. The lowest BCUT2D eigenvalue weighted by molar-refractivity contribution is 0.0721. The number of anilines is 1. The van der Waals surface area contributed by atoms with Crippen molar-refractivity contribution in [2.24, 2.45) is 0 Å². The average molecular weight is 346 g/mol. The second-order valence-corrected chi connectivity index (χ2v) is 6.50. The number of hydrogen-bond acceptors (Lipinski definition) is 7. The molecule has 0 aliphatic carbocycles. The second kappa shape index (κ2) is 5.49. The second-order valence-electron chi connectivity index (χ2n) is 6.50. The Hall–Kier alpha value is -3.54. The molecular formula is C17H14N8O. The summed E-state index contributed by atoms with van der Waals surface area (Å²) in [5, 5.41) is 17.1. The molecule has 9 nitrogen and oxygen atoms in total. The predicted molar refractivity (Wildman–Crippen MR) is 90.3 cm³/mol. The highest BCUT2D eigenvalue weighted by atomic mass is 16.2. The first-order chi connectivity index (χ1) is 12.7. The van der Waals surface area contributed by atoms with E-state index in [1.54, 1.807) is 16.9 Å². The van der Waals surface area contributed by atoms with E-state index in [0.29, 0.717) is 35.8 Å². The fourth-order valence-corrected chi connectivity index (χ4v) is 3.88. The van der Waals surface area contributed by atoms with Gasteiger partial charge in [-0.05, 0) is 18.6 Å². The molecule has 3 aromatic rings. The highest BCUT2D eigenvalue weighted by Gasteiger charge is 2.46. The first-order valence-electron chi connectivity index (χ1n) is 8.34. The Labute approximate surface area is 148 Å². The van der Waals surface area contributed by atoms with E-state index in [0.717, 1.165) is 6.42 Å². The fraction of sp³-hybridized carbons (Fsp3) is 0.294. The fourth-order valence-electron chi connectivity index (χ4n) is 3.88. The molecule has 26 heavy (non-hydrogen) atoms. The summed E-state index contributed by atoms with van der Waals surface area (Å²) >= 11 is 0. The van der Waals surface area contributed by atoms with E-state index in [1.165, 1.54) is 6.20 Å². The lowest BCUT2D eigenvalue weighted by Gasteiger charge is -2.34. The molecule has 2 aliphatic rings.